The van der Waals surface area contributed by atoms with Crippen LogP contribution < -0.4 is 10.2 Å². The van der Waals surface area contributed by atoms with E-state index in [-0.39, 0.29) is 17.1 Å². The number of anilines is 2. The fourth-order valence-electron chi connectivity index (χ4n) is 2.32. The Hall–Kier alpha value is -2.95. The number of sulfonamides is 1. The lowest BCUT2D eigenvalue weighted by Crippen LogP contribution is -2.26. The highest BCUT2D eigenvalue weighted by Crippen LogP contribution is 2.19. The van der Waals surface area contributed by atoms with Gasteiger partial charge in [-0.25, -0.2) is 13.2 Å². The van der Waals surface area contributed by atoms with Crippen molar-refractivity contribution < 1.29 is 27.6 Å². The lowest BCUT2D eigenvalue weighted by Gasteiger charge is -2.17. The number of ether oxygens (including phenoxy) is 1. The van der Waals surface area contributed by atoms with Crippen molar-refractivity contribution in [1.29, 1.82) is 0 Å². The minimum atomic E-state index is -3.78. The third-order valence-electron chi connectivity index (χ3n) is 4.06. The number of hydrogen-bond donors (Lipinski definition) is 1. The largest absolute Gasteiger partial charge is 0.449 e. The summed E-state index contributed by atoms with van der Waals surface area (Å²) in [6.07, 6.45) is -0.474. The Balaban J connectivity index is 2.08. The van der Waals surface area contributed by atoms with Gasteiger partial charge in [-0.1, -0.05) is 4.47 Å². The summed E-state index contributed by atoms with van der Waals surface area (Å²) >= 11 is 0. The molecule has 0 fully saturated rings. The van der Waals surface area contributed by atoms with Crippen LogP contribution in [0.4, 0.5) is 16.2 Å². The van der Waals surface area contributed by atoms with Crippen molar-refractivity contribution >= 4 is 33.4 Å². The molecule has 0 aliphatic rings. The zero-order valence-electron chi connectivity index (χ0n) is 16.6. The minimum Gasteiger partial charge on any atom is -0.449 e. The molecule has 0 unspecified atom stereocenters. The normalized spacial score (nSPS) is 11.2. The molecule has 0 saturated heterocycles. The Kier molecular flexibility index (Phi) is 7.32. The Morgan fingerprint density at radius 1 is 1.00 bits per heavy atom. The van der Waals surface area contributed by atoms with E-state index in [0.717, 1.165) is 4.47 Å². The van der Waals surface area contributed by atoms with E-state index in [1.165, 1.54) is 43.3 Å². The number of rotatable bonds is 7. The molecule has 29 heavy (non-hydrogen) atoms. The van der Waals surface area contributed by atoms with Gasteiger partial charge < -0.3 is 10.1 Å². The van der Waals surface area contributed by atoms with Gasteiger partial charge >= 0.3 is 6.09 Å². The third-order valence-corrected chi connectivity index (χ3v) is 5.76. The van der Waals surface area contributed by atoms with Gasteiger partial charge in [-0.15, -0.1) is 0 Å². The van der Waals surface area contributed by atoms with Crippen LogP contribution in [0.2, 0.25) is 0 Å². The Morgan fingerprint density at radius 2 is 1.59 bits per heavy atom. The lowest BCUT2D eigenvalue weighted by atomic mass is 10.2. The molecule has 0 heterocycles. The Labute approximate surface area is 169 Å². The van der Waals surface area contributed by atoms with E-state index in [2.05, 4.69) is 5.32 Å². The summed E-state index contributed by atoms with van der Waals surface area (Å²) in [6.45, 7) is 2.00. The Bertz CT molecular complexity index is 958. The molecule has 2 rings (SSSR count). The average molecular weight is 421 g/mol. The number of nitrogens with zero attached hydrogens (tertiary/aromatic N) is 2. The first kappa shape index (κ1) is 22.3. The van der Waals surface area contributed by atoms with Crippen molar-refractivity contribution in [3.05, 3.63) is 54.1 Å². The molecule has 0 radical (unpaired) electrons. The van der Waals surface area contributed by atoms with Gasteiger partial charge in [0.15, 0.2) is 0 Å². The van der Waals surface area contributed by atoms with Crippen LogP contribution in [0.15, 0.2) is 53.4 Å². The number of carbonyl (C=O) groups excluding carboxylic acids is 2. The van der Waals surface area contributed by atoms with Gasteiger partial charge in [-0.2, -0.15) is 0 Å². The summed E-state index contributed by atoms with van der Waals surface area (Å²) in [5, 5.41) is 2.71. The van der Waals surface area contributed by atoms with Gasteiger partial charge in [-0.3, -0.25) is 14.5 Å². The van der Waals surface area contributed by atoms with Crippen molar-refractivity contribution in [3.8, 4) is 0 Å². The molecule has 0 aromatic heterocycles. The van der Waals surface area contributed by atoms with Gasteiger partial charge in [0.1, 0.15) is 0 Å². The molecule has 2 aromatic carbocycles. The van der Waals surface area contributed by atoms with E-state index in [9.17, 15) is 18.0 Å². The molecule has 156 valence electrons. The zero-order chi connectivity index (χ0) is 21.6. The van der Waals surface area contributed by atoms with Crippen LogP contribution in [0.3, 0.4) is 0 Å². The first-order valence-electron chi connectivity index (χ1n) is 8.65. The molecule has 9 nitrogen and oxygen atoms in total. The standard InChI is InChI=1S/C19H23N3O6S/c1-5-28-19(24)21(2)16-10-8-15(9-11-16)20-18(23)14-6-12-17(13-7-14)29(25,26)22(3)27-4/h6-13H,5H2,1-4H3,(H,20,23). The molecule has 2 amide bonds. The number of nitrogens with one attached hydrogen (secondary N) is 1. The van der Waals surface area contributed by atoms with Crippen molar-refractivity contribution in [2.75, 3.05) is 38.0 Å². The van der Waals surface area contributed by atoms with E-state index in [1.807, 2.05) is 0 Å². The van der Waals surface area contributed by atoms with Crippen molar-refractivity contribution in [2.45, 2.75) is 11.8 Å². The monoisotopic (exact) mass is 421 g/mol. The SMILES string of the molecule is CCOC(=O)N(C)c1ccc(NC(=O)c2ccc(S(=O)(=O)N(C)OC)cc2)cc1. The van der Waals surface area contributed by atoms with Crippen LogP contribution >= 0.6 is 0 Å². The molecule has 0 bridgehead atoms. The van der Waals surface area contributed by atoms with Crippen LogP contribution in [0.5, 0.6) is 0 Å². The van der Waals surface area contributed by atoms with E-state index >= 15 is 0 Å². The molecule has 0 spiro atoms. The summed E-state index contributed by atoms with van der Waals surface area (Å²) in [5.74, 6) is -0.402. The highest BCUT2D eigenvalue weighted by Gasteiger charge is 2.21. The average Bonchev–Trinajstić information content (AvgIpc) is 2.73. The number of carbonyl (C=O) groups is 2. The number of benzene rings is 2. The second-order valence-electron chi connectivity index (χ2n) is 5.88. The maximum absolute atomic E-state index is 12.4. The molecular weight excluding hydrogens is 398 g/mol. The first-order valence-corrected chi connectivity index (χ1v) is 10.1. The van der Waals surface area contributed by atoms with Gasteiger partial charge in [0.2, 0.25) is 0 Å². The third kappa shape index (κ3) is 5.31. The molecule has 2 aromatic rings. The van der Waals surface area contributed by atoms with Crippen molar-refractivity contribution in [3.63, 3.8) is 0 Å². The van der Waals surface area contributed by atoms with Crippen LogP contribution in [-0.4, -0.2) is 52.7 Å². The number of amides is 2. The second kappa shape index (κ2) is 9.50. The summed E-state index contributed by atoms with van der Waals surface area (Å²) in [6, 6.07) is 12.1. The van der Waals surface area contributed by atoms with Crippen LogP contribution in [0.25, 0.3) is 0 Å². The summed E-state index contributed by atoms with van der Waals surface area (Å²) in [7, 11) is 0.330. The van der Waals surface area contributed by atoms with Crippen LogP contribution in [-0.2, 0) is 19.6 Å². The molecular formula is C19H23N3O6S. The van der Waals surface area contributed by atoms with Gasteiger partial charge in [0, 0.05) is 31.0 Å². The molecule has 0 atom stereocenters. The highest BCUT2D eigenvalue weighted by molar-refractivity contribution is 7.89. The number of hydrogen-bond acceptors (Lipinski definition) is 6. The van der Waals surface area contributed by atoms with Gasteiger partial charge in [0.05, 0.1) is 18.6 Å². The van der Waals surface area contributed by atoms with Gasteiger partial charge in [-0.05, 0) is 55.5 Å². The van der Waals surface area contributed by atoms with Crippen LogP contribution in [0.1, 0.15) is 17.3 Å². The van der Waals surface area contributed by atoms with Crippen molar-refractivity contribution in [2.24, 2.45) is 0 Å². The van der Waals surface area contributed by atoms with Crippen LogP contribution in [0, 0.1) is 0 Å². The molecule has 10 heteroatoms. The summed E-state index contributed by atoms with van der Waals surface area (Å²) in [4.78, 5) is 30.2. The predicted octanol–water partition coefficient (Wildman–Crippen LogP) is 2.71. The molecule has 1 N–H and O–H groups in total. The van der Waals surface area contributed by atoms with E-state index in [4.69, 9.17) is 9.57 Å². The predicted molar refractivity (Wildman–Crippen MR) is 108 cm³/mol. The zero-order valence-corrected chi connectivity index (χ0v) is 17.4. The lowest BCUT2D eigenvalue weighted by molar-refractivity contribution is -0.0258. The van der Waals surface area contributed by atoms with E-state index in [1.54, 1.807) is 38.2 Å². The maximum atomic E-state index is 12.4. The summed E-state index contributed by atoms with van der Waals surface area (Å²) in [5.41, 5.74) is 1.42. The number of hydroxylamine groups is 1. The van der Waals surface area contributed by atoms with Gasteiger partial charge in [0.25, 0.3) is 15.9 Å². The topological polar surface area (TPSA) is 105 Å². The fourth-order valence-corrected chi connectivity index (χ4v) is 3.30. The smallest absolute Gasteiger partial charge is 0.413 e. The molecule has 0 aliphatic carbocycles. The summed E-state index contributed by atoms with van der Waals surface area (Å²) < 4.78 is 30.0. The molecule has 0 saturated carbocycles. The quantitative estimate of drug-likeness (QED) is 0.689. The first-order chi connectivity index (χ1) is 13.7. The van der Waals surface area contributed by atoms with E-state index in [0.29, 0.717) is 11.4 Å². The maximum Gasteiger partial charge on any atom is 0.413 e. The molecule has 0 aliphatic heterocycles. The minimum absolute atomic E-state index is 0.00440. The highest BCUT2D eigenvalue weighted by atomic mass is 32.2. The fraction of sp³-hybridized carbons (Fsp3) is 0.263. The Morgan fingerprint density at radius 3 is 2.10 bits per heavy atom. The van der Waals surface area contributed by atoms with Crippen molar-refractivity contribution in [1.82, 2.24) is 4.47 Å². The van der Waals surface area contributed by atoms with E-state index < -0.39 is 22.0 Å². The second-order valence-corrected chi connectivity index (χ2v) is 7.82.